The van der Waals surface area contributed by atoms with Crippen LogP contribution in [0.4, 0.5) is 0 Å². The second-order valence-electron chi connectivity index (χ2n) is 11.1. The van der Waals surface area contributed by atoms with Crippen molar-refractivity contribution in [3.63, 3.8) is 0 Å². The molecule has 0 unspecified atom stereocenters. The van der Waals surface area contributed by atoms with Crippen LogP contribution < -0.4 is 0 Å². The average molecular weight is 507 g/mol. The number of rotatable bonds is 28. The van der Waals surface area contributed by atoms with E-state index in [1.807, 2.05) is 0 Å². The SMILES string of the molecule is C=C(C)C(=O)OC(=O)CCCCCCCCCCCCCCCCCCCCCCCCCCCC. The van der Waals surface area contributed by atoms with Crippen molar-refractivity contribution in [1.82, 2.24) is 0 Å². The Morgan fingerprint density at radius 2 is 0.722 bits per heavy atom. The molecule has 212 valence electrons. The fourth-order valence-electron chi connectivity index (χ4n) is 4.83. The fraction of sp³-hybridized carbons (Fsp3) is 0.879. The largest absolute Gasteiger partial charge is 0.390 e. The Hall–Kier alpha value is -1.12. The maximum Gasteiger partial charge on any atom is 0.340 e. The molecule has 0 spiro atoms. The number of unbranched alkanes of at least 4 members (excludes halogenated alkanes) is 25. The van der Waals surface area contributed by atoms with Crippen molar-refractivity contribution in [2.75, 3.05) is 0 Å². The molecule has 0 N–H and O–H groups in total. The molecule has 36 heavy (non-hydrogen) atoms. The van der Waals surface area contributed by atoms with E-state index in [0.717, 1.165) is 12.8 Å². The third-order valence-electron chi connectivity index (χ3n) is 7.29. The van der Waals surface area contributed by atoms with Crippen LogP contribution in [-0.4, -0.2) is 11.9 Å². The minimum Gasteiger partial charge on any atom is -0.390 e. The van der Waals surface area contributed by atoms with Gasteiger partial charge in [-0.25, -0.2) is 4.79 Å². The number of hydrogen-bond acceptors (Lipinski definition) is 3. The summed E-state index contributed by atoms with van der Waals surface area (Å²) >= 11 is 0. The Morgan fingerprint density at radius 1 is 0.472 bits per heavy atom. The van der Waals surface area contributed by atoms with Gasteiger partial charge in [-0.3, -0.25) is 4.79 Å². The molecular formula is C33H62O3. The first kappa shape index (κ1) is 34.9. The van der Waals surface area contributed by atoms with E-state index in [0.29, 0.717) is 6.42 Å². The van der Waals surface area contributed by atoms with Gasteiger partial charge in [0.05, 0.1) is 0 Å². The first-order chi connectivity index (χ1) is 17.6. The number of carbonyl (C=O) groups is 2. The molecule has 0 aliphatic rings. The highest BCUT2D eigenvalue weighted by Gasteiger charge is 2.10. The topological polar surface area (TPSA) is 43.4 Å². The minimum absolute atomic E-state index is 0.272. The lowest BCUT2D eigenvalue weighted by Gasteiger charge is -2.04. The van der Waals surface area contributed by atoms with Crippen LogP contribution in [0.1, 0.15) is 187 Å². The van der Waals surface area contributed by atoms with Crippen molar-refractivity contribution < 1.29 is 14.3 Å². The molecule has 0 rings (SSSR count). The number of ether oxygens (including phenoxy) is 1. The third kappa shape index (κ3) is 27.5. The molecule has 0 aromatic rings. The van der Waals surface area contributed by atoms with Crippen LogP contribution >= 0.6 is 0 Å². The number of carbonyl (C=O) groups excluding carboxylic acids is 2. The van der Waals surface area contributed by atoms with Gasteiger partial charge in [0.25, 0.3) is 0 Å². The minimum atomic E-state index is -0.602. The van der Waals surface area contributed by atoms with E-state index in [1.54, 1.807) is 6.92 Å². The van der Waals surface area contributed by atoms with Crippen molar-refractivity contribution in [3.8, 4) is 0 Å². The molecule has 3 heteroatoms. The molecule has 0 heterocycles. The van der Waals surface area contributed by atoms with Gasteiger partial charge in [-0.15, -0.1) is 0 Å². The highest BCUT2D eigenvalue weighted by atomic mass is 16.6. The van der Waals surface area contributed by atoms with Gasteiger partial charge >= 0.3 is 11.9 Å². The van der Waals surface area contributed by atoms with Crippen LogP contribution in [0.5, 0.6) is 0 Å². The van der Waals surface area contributed by atoms with E-state index in [4.69, 9.17) is 4.74 Å². The maximum absolute atomic E-state index is 11.5. The molecule has 0 atom stereocenters. The molecule has 0 aromatic carbocycles. The van der Waals surface area contributed by atoms with Gasteiger partial charge in [-0.05, 0) is 13.3 Å². The standard InChI is InChI=1S/C33H62O3/c1-4-5-6-7-8-9-10-11-12-13-14-15-16-17-18-19-20-21-22-23-24-25-26-27-28-29-30-32(34)36-33(35)31(2)3/h2,4-30H2,1,3H3. The summed E-state index contributed by atoms with van der Waals surface area (Å²) in [5.41, 5.74) is 0.272. The molecule has 0 aliphatic carbocycles. The smallest absolute Gasteiger partial charge is 0.340 e. The Morgan fingerprint density at radius 3 is 0.972 bits per heavy atom. The molecule has 0 saturated carbocycles. The van der Waals surface area contributed by atoms with Crippen LogP contribution in [0.2, 0.25) is 0 Å². The zero-order valence-corrected chi connectivity index (χ0v) is 24.5. The molecule has 0 radical (unpaired) electrons. The summed E-state index contributed by atoms with van der Waals surface area (Å²) in [6, 6.07) is 0. The summed E-state index contributed by atoms with van der Waals surface area (Å²) in [7, 11) is 0. The first-order valence-electron chi connectivity index (χ1n) is 16.0. The van der Waals surface area contributed by atoms with E-state index in [9.17, 15) is 9.59 Å². The van der Waals surface area contributed by atoms with Gasteiger partial charge in [0.15, 0.2) is 0 Å². The van der Waals surface area contributed by atoms with Crippen molar-refractivity contribution in [2.45, 2.75) is 187 Å². The summed E-state index contributed by atoms with van der Waals surface area (Å²) in [5.74, 6) is -1.03. The van der Waals surface area contributed by atoms with Gasteiger partial charge in [0.1, 0.15) is 0 Å². The predicted molar refractivity (Wildman–Crippen MR) is 156 cm³/mol. The average Bonchev–Trinajstić information content (AvgIpc) is 2.86. The second kappa shape index (κ2) is 28.5. The van der Waals surface area contributed by atoms with Gasteiger partial charge in [-0.1, -0.05) is 174 Å². The summed E-state index contributed by atoms with van der Waals surface area (Å²) in [6.07, 6.45) is 36.0. The predicted octanol–water partition coefficient (Wildman–Crippen LogP) is 11.2. The van der Waals surface area contributed by atoms with Gasteiger partial charge in [0, 0.05) is 12.0 Å². The second-order valence-corrected chi connectivity index (χ2v) is 11.1. The summed E-state index contributed by atoms with van der Waals surface area (Å²) < 4.78 is 4.69. The number of esters is 2. The van der Waals surface area contributed by atoms with E-state index in [2.05, 4.69) is 13.5 Å². The molecule has 0 aromatic heterocycles. The quantitative estimate of drug-likeness (QED) is 0.0458. The van der Waals surface area contributed by atoms with Crippen LogP contribution in [0.3, 0.4) is 0 Å². The maximum atomic E-state index is 11.5. The Balaban J connectivity index is 3.13. The lowest BCUT2D eigenvalue weighted by molar-refractivity contribution is -0.156. The van der Waals surface area contributed by atoms with Gasteiger partial charge in [-0.2, -0.15) is 0 Å². The molecular weight excluding hydrogens is 444 g/mol. The molecule has 0 bridgehead atoms. The monoisotopic (exact) mass is 506 g/mol. The van der Waals surface area contributed by atoms with Crippen molar-refractivity contribution in [3.05, 3.63) is 12.2 Å². The Kier molecular flexibility index (Phi) is 27.6. The summed E-state index contributed by atoms with van der Waals surface area (Å²) in [6.45, 7) is 7.33. The Bertz CT molecular complexity index is 511. The van der Waals surface area contributed by atoms with Gasteiger partial charge in [0.2, 0.25) is 0 Å². The Labute approximate surface area is 225 Å². The van der Waals surface area contributed by atoms with E-state index >= 15 is 0 Å². The zero-order valence-electron chi connectivity index (χ0n) is 24.5. The summed E-state index contributed by atoms with van der Waals surface area (Å²) in [4.78, 5) is 22.8. The van der Waals surface area contributed by atoms with Gasteiger partial charge < -0.3 is 4.74 Å². The van der Waals surface area contributed by atoms with E-state index < -0.39 is 11.9 Å². The lowest BCUT2D eigenvalue weighted by Crippen LogP contribution is -2.12. The van der Waals surface area contributed by atoms with E-state index in [1.165, 1.54) is 154 Å². The normalized spacial score (nSPS) is 11.1. The lowest BCUT2D eigenvalue weighted by atomic mass is 10.0. The van der Waals surface area contributed by atoms with Crippen molar-refractivity contribution in [2.24, 2.45) is 0 Å². The van der Waals surface area contributed by atoms with Crippen molar-refractivity contribution in [1.29, 1.82) is 0 Å². The summed E-state index contributed by atoms with van der Waals surface area (Å²) in [5, 5.41) is 0. The molecule has 3 nitrogen and oxygen atoms in total. The highest BCUT2D eigenvalue weighted by Crippen LogP contribution is 2.16. The third-order valence-corrected chi connectivity index (χ3v) is 7.29. The number of hydrogen-bond donors (Lipinski definition) is 0. The molecule has 0 aliphatic heterocycles. The van der Waals surface area contributed by atoms with Crippen LogP contribution in [0.15, 0.2) is 12.2 Å². The fourth-order valence-corrected chi connectivity index (χ4v) is 4.83. The molecule has 0 fully saturated rings. The molecule has 0 saturated heterocycles. The molecule has 0 amide bonds. The van der Waals surface area contributed by atoms with Crippen LogP contribution in [-0.2, 0) is 14.3 Å². The zero-order chi connectivity index (χ0) is 26.5. The van der Waals surface area contributed by atoms with E-state index in [-0.39, 0.29) is 5.57 Å². The van der Waals surface area contributed by atoms with Crippen LogP contribution in [0, 0.1) is 0 Å². The first-order valence-corrected chi connectivity index (χ1v) is 16.0. The van der Waals surface area contributed by atoms with Crippen LogP contribution in [0.25, 0.3) is 0 Å². The highest BCUT2D eigenvalue weighted by molar-refractivity contribution is 5.95. The van der Waals surface area contributed by atoms with Crippen molar-refractivity contribution >= 4 is 11.9 Å².